The molecule has 0 amide bonds. The highest BCUT2D eigenvalue weighted by atomic mass is 32.2. The van der Waals surface area contributed by atoms with Gasteiger partial charge in [0.1, 0.15) is 6.33 Å². The van der Waals surface area contributed by atoms with Crippen LogP contribution in [0.15, 0.2) is 101 Å². The molecule has 0 unspecified atom stereocenters. The Labute approximate surface area is 196 Å². The minimum atomic E-state index is -3.26. The van der Waals surface area contributed by atoms with Crippen molar-refractivity contribution in [1.82, 2.24) is 14.3 Å². The SMILES string of the molecule is CS(=O)(=O)c1ccc(-c2cccc(-c3cccc(-n4cnn(C/C(=C/F)CN)c4=O)c3)c2)cc1. The van der Waals surface area contributed by atoms with E-state index in [1.54, 1.807) is 30.3 Å². The molecule has 4 aromatic rings. The fourth-order valence-corrected chi connectivity index (χ4v) is 4.20. The van der Waals surface area contributed by atoms with Crippen molar-refractivity contribution in [2.45, 2.75) is 11.4 Å². The molecule has 0 bridgehead atoms. The Morgan fingerprint density at radius 2 is 1.59 bits per heavy atom. The molecule has 0 atom stereocenters. The van der Waals surface area contributed by atoms with Crippen LogP contribution in [0.5, 0.6) is 0 Å². The summed E-state index contributed by atoms with van der Waals surface area (Å²) in [5, 5.41) is 4.07. The number of sulfone groups is 1. The molecule has 174 valence electrons. The normalized spacial score (nSPS) is 12.1. The van der Waals surface area contributed by atoms with Gasteiger partial charge in [-0.05, 0) is 58.2 Å². The maximum atomic E-state index is 12.9. The van der Waals surface area contributed by atoms with Gasteiger partial charge < -0.3 is 5.73 Å². The van der Waals surface area contributed by atoms with Gasteiger partial charge in [-0.15, -0.1) is 0 Å². The van der Waals surface area contributed by atoms with Crippen LogP contribution in [0.25, 0.3) is 27.9 Å². The van der Waals surface area contributed by atoms with Crippen LogP contribution in [0.3, 0.4) is 0 Å². The molecule has 3 aromatic carbocycles. The average Bonchev–Trinajstić information content (AvgIpc) is 3.22. The third-order valence-electron chi connectivity index (χ3n) is 5.44. The van der Waals surface area contributed by atoms with E-state index in [1.165, 1.54) is 17.2 Å². The topological polar surface area (TPSA) is 100.0 Å². The maximum absolute atomic E-state index is 12.9. The molecule has 0 aliphatic rings. The summed E-state index contributed by atoms with van der Waals surface area (Å²) in [4.78, 5) is 13.0. The van der Waals surface area contributed by atoms with Gasteiger partial charge in [-0.3, -0.25) is 0 Å². The Kier molecular flexibility index (Phi) is 6.58. The molecule has 0 saturated heterocycles. The van der Waals surface area contributed by atoms with Crippen LogP contribution in [0.1, 0.15) is 0 Å². The van der Waals surface area contributed by atoms with Crippen LogP contribution in [-0.2, 0) is 16.4 Å². The number of benzene rings is 3. The lowest BCUT2D eigenvalue weighted by Crippen LogP contribution is -2.25. The van der Waals surface area contributed by atoms with Gasteiger partial charge in [-0.2, -0.15) is 5.10 Å². The molecule has 34 heavy (non-hydrogen) atoms. The summed E-state index contributed by atoms with van der Waals surface area (Å²) in [6.45, 7) is -0.0166. The number of hydrogen-bond acceptors (Lipinski definition) is 5. The zero-order valence-electron chi connectivity index (χ0n) is 18.4. The van der Waals surface area contributed by atoms with Crippen LogP contribution < -0.4 is 11.4 Å². The number of hydrogen-bond donors (Lipinski definition) is 1. The first kappa shape index (κ1) is 23.3. The van der Waals surface area contributed by atoms with E-state index < -0.39 is 15.5 Å². The first-order chi connectivity index (χ1) is 16.3. The van der Waals surface area contributed by atoms with Gasteiger partial charge in [0.15, 0.2) is 9.84 Å². The average molecular weight is 479 g/mol. The quantitative estimate of drug-likeness (QED) is 0.438. The summed E-state index contributed by atoms with van der Waals surface area (Å²) in [7, 11) is -3.26. The van der Waals surface area contributed by atoms with Gasteiger partial charge in [0.25, 0.3) is 0 Å². The van der Waals surface area contributed by atoms with Crippen LogP contribution in [0, 0.1) is 0 Å². The lowest BCUT2D eigenvalue weighted by molar-refractivity contribution is 0.602. The highest BCUT2D eigenvalue weighted by molar-refractivity contribution is 7.90. The minimum absolute atomic E-state index is 0.00138. The largest absolute Gasteiger partial charge is 0.350 e. The van der Waals surface area contributed by atoms with Gasteiger partial charge in [-0.1, -0.05) is 42.5 Å². The first-order valence-corrected chi connectivity index (χ1v) is 12.3. The zero-order chi connectivity index (χ0) is 24.3. The number of halogens is 1. The van der Waals surface area contributed by atoms with E-state index in [1.807, 2.05) is 42.5 Å². The van der Waals surface area contributed by atoms with Crippen molar-refractivity contribution in [2.24, 2.45) is 5.73 Å². The second kappa shape index (κ2) is 9.58. The fourth-order valence-electron chi connectivity index (χ4n) is 3.57. The molecule has 1 aromatic heterocycles. The summed E-state index contributed by atoms with van der Waals surface area (Å²) in [5.41, 5.74) is 9.60. The Morgan fingerprint density at radius 3 is 2.21 bits per heavy atom. The molecule has 0 radical (unpaired) electrons. The van der Waals surface area contributed by atoms with Gasteiger partial charge in [0.05, 0.1) is 23.5 Å². The second-order valence-electron chi connectivity index (χ2n) is 7.84. The first-order valence-electron chi connectivity index (χ1n) is 10.4. The van der Waals surface area contributed by atoms with Crippen LogP contribution >= 0.6 is 0 Å². The third-order valence-corrected chi connectivity index (χ3v) is 6.57. The minimum Gasteiger partial charge on any atom is -0.327 e. The van der Waals surface area contributed by atoms with E-state index in [0.717, 1.165) is 26.9 Å². The van der Waals surface area contributed by atoms with Gasteiger partial charge in [-0.25, -0.2) is 26.9 Å². The summed E-state index contributed by atoms with van der Waals surface area (Å²) in [5.74, 6) is 0. The zero-order valence-corrected chi connectivity index (χ0v) is 19.2. The van der Waals surface area contributed by atoms with Crippen molar-refractivity contribution in [2.75, 3.05) is 12.8 Å². The Balaban J connectivity index is 1.66. The molecule has 2 N–H and O–H groups in total. The van der Waals surface area contributed by atoms with Crippen molar-refractivity contribution < 1.29 is 12.8 Å². The van der Waals surface area contributed by atoms with Crippen molar-refractivity contribution in [3.63, 3.8) is 0 Å². The summed E-state index contributed by atoms with van der Waals surface area (Å²) in [6.07, 6.45) is 2.97. The summed E-state index contributed by atoms with van der Waals surface area (Å²) >= 11 is 0. The van der Waals surface area contributed by atoms with Crippen molar-refractivity contribution in [1.29, 1.82) is 0 Å². The molecule has 7 nitrogen and oxygen atoms in total. The second-order valence-corrected chi connectivity index (χ2v) is 9.86. The molecule has 1 heterocycles. The molecular formula is C25H23FN4O3S. The molecular weight excluding hydrogens is 455 g/mol. The molecule has 0 saturated carbocycles. The molecule has 0 spiro atoms. The van der Waals surface area contributed by atoms with Crippen molar-refractivity contribution >= 4 is 9.84 Å². The Hall–Kier alpha value is -3.82. The summed E-state index contributed by atoms with van der Waals surface area (Å²) in [6, 6.07) is 22.0. The molecule has 9 heteroatoms. The monoisotopic (exact) mass is 478 g/mol. The van der Waals surface area contributed by atoms with E-state index in [2.05, 4.69) is 5.10 Å². The smallest absolute Gasteiger partial charge is 0.327 e. The third kappa shape index (κ3) is 4.90. The van der Waals surface area contributed by atoms with Crippen LogP contribution in [-0.4, -0.2) is 35.6 Å². The predicted molar refractivity (Wildman–Crippen MR) is 130 cm³/mol. The highest BCUT2D eigenvalue weighted by Gasteiger charge is 2.11. The molecule has 0 aliphatic carbocycles. The van der Waals surface area contributed by atoms with Crippen LogP contribution in [0.4, 0.5) is 4.39 Å². The lowest BCUT2D eigenvalue weighted by atomic mass is 9.99. The number of aromatic nitrogens is 3. The predicted octanol–water partition coefficient (Wildman–Crippen LogP) is 3.58. The molecule has 0 fully saturated rings. The molecule has 4 rings (SSSR count). The van der Waals surface area contributed by atoms with Gasteiger partial charge in [0.2, 0.25) is 0 Å². The number of rotatable bonds is 7. The van der Waals surface area contributed by atoms with Crippen LogP contribution in [0.2, 0.25) is 0 Å². The Bertz CT molecular complexity index is 1520. The van der Waals surface area contributed by atoms with E-state index in [-0.39, 0.29) is 23.6 Å². The summed E-state index contributed by atoms with van der Waals surface area (Å²) < 4.78 is 38.8. The standard InChI is InChI=1S/C25H23FN4O3S/c1-34(32,33)24-10-8-19(9-11-24)20-4-2-5-21(12-20)22-6-3-7-23(13-22)29-17-28-30(25(29)31)16-18(14-26)15-27/h2-14,17H,15-16,27H2,1H3/b18-14+. The maximum Gasteiger partial charge on any atom is 0.350 e. The van der Waals surface area contributed by atoms with E-state index in [0.29, 0.717) is 12.0 Å². The van der Waals surface area contributed by atoms with Gasteiger partial charge >= 0.3 is 5.69 Å². The van der Waals surface area contributed by atoms with E-state index >= 15 is 0 Å². The highest BCUT2D eigenvalue weighted by Crippen LogP contribution is 2.28. The van der Waals surface area contributed by atoms with E-state index in [9.17, 15) is 17.6 Å². The van der Waals surface area contributed by atoms with E-state index in [4.69, 9.17) is 5.73 Å². The number of nitrogens with two attached hydrogens (primary N) is 1. The van der Waals surface area contributed by atoms with Gasteiger partial charge in [0, 0.05) is 12.8 Å². The number of nitrogens with zero attached hydrogens (tertiary/aromatic N) is 3. The Morgan fingerprint density at radius 1 is 0.971 bits per heavy atom. The molecule has 0 aliphatic heterocycles. The van der Waals surface area contributed by atoms with Crippen molar-refractivity contribution in [3.8, 4) is 27.9 Å². The van der Waals surface area contributed by atoms with Crippen molar-refractivity contribution in [3.05, 3.63) is 102 Å². The lowest BCUT2D eigenvalue weighted by Gasteiger charge is -2.09. The fraction of sp³-hybridized carbons (Fsp3) is 0.120.